The first-order valence-electron chi connectivity index (χ1n) is 6.24. The van der Waals surface area contributed by atoms with Gasteiger partial charge in [0.05, 0.1) is 11.3 Å². The van der Waals surface area contributed by atoms with Crippen molar-refractivity contribution in [3.05, 3.63) is 40.8 Å². The van der Waals surface area contributed by atoms with E-state index in [1.54, 1.807) is 31.1 Å². The van der Waals surface area contributed by atoms with Crippen LogP contribution < -0.4 is 0 Å². The van der Waals surface area contributed by atoms with E-state index in [4.69, 9.17) is 34.8 Å². The number of Topliss-reactive ketones (excluding diaryl/α,β-unsaturated/α-hetero) is 1. The highest BCUT2D eigenvalue weighted by Gasteiger charge is 2.36. The maximum Gasteiger partial charge on any atom is 0.253 e. The Kier molecular flexibility index (Phi) is 5.67. The van der Waals surface area contributed by atoms with Crippen LogP contribution in [0.4, 0.5) is 0 Å². The molecule has 2 rings (SSSR count). The van der Waals surface area contributed by atoms with E-state index in [9.17, 15) is 4.79 Å². The number of nitrogens with zero attached hydrogens (tertiary/aromatic N) is 5. The number of aromatic nitrogens is 4. The molecule has 10 heteroatoms. The standard InChI is InChI=1S/C13H11BrCl3N5O/c1-21(2)7-10(11(23)13(15,16)17)12-18-19-20-22(12)9-5-3-8(14)4-6-9/h3-7H,1-2H3. The maximum atomic E-state index is 12.4. The Balaban J connectivity index is 2.56. The van der Waals surface area contributed by atoms with E-state index >= 15 is 0 Å². The third kappa shape index (κ3) is 4.44. The second-order valence-corrected chi connectivity index (χ2v) is 7.92. The zero-order chi connectivity index (χ0) is 17.2. The monoisotopic (exact) mass is 437 g/mol. The molecular formula is C13H11BrCl3N5O. The molecule has 2 aromatic rings. The van der Waals surface area contributed by atoms with Crippen molar-refractivity contribution < 1.29 is 4.79 Å². The van der Waals surface area contributed by atoms with Crippen LogP contribution in [0.15, 0.2) is 34.9 Å². The van der Waals surface area contributed by atoms with E-state index in [2.05, 4.69) is 31.5 Å². The van der Waals surface area contributed by atoms with Crippen molar-refractivity contribution in [3.63, 3.8) is 0 Å². The minimum atomic E-state index is -2.11. The smallest absolute Gasteiger partial charge is 0.253 e. The lowest BCUT2D eigenvalue weighted by Crippen LogP contribution is -2.23. The molecule has 0 saturated carbocycles. The van der Waals surface area contributed by atoms with Crippen molar-refractivity contribution >= 4 is 62.1 Å². The molecule has 122 valence electrons. The van der Waals surface area contributed by atoms with Crippen LogP contribution in [-0.4, -0.2) is 48.8 Å². The highest BCUT2D eigenvalue weighted by atomic mass is 79.9. The summed E-state index contributed by atoms with van der Waals surface area (Å²) in [4.78, 5) is 14.1. The lowest BCUT2D eigenvalue weighted by atomic mass is 10.1. The van der Waals surface area contributed by atoms with Gasteiger partial charge in [-0.3, -0.25) is 4.79 Å². The van der Waals surface area contributed by atoms with Crippen molar-refractivity contribution in [1.82, 2.24) is 25.1 Å². The van der Waals surface area contributed by atoms with Crippen LogP contribution in [0, 0.1) is 0 Å². The molecule has 0 amide bonds. The molecule has 0 fully saturated rings. The summed E-state index contributed by atoms with van der Waals surface area (Å²) in [6.45, 7) is 0. The Labute approximate surface area is 156 Å². The first-order valence-corrected chi connectivity index (χ1v) is 8.17. The van der Waals surface area contributed by atoms with Gasteiger partial charge >= 0.3 is 0 Å². The minimum absolute atomic E-state index is 0.0860. The number of alkyl halides is 3. The predicted octanol–water partition coefficient (Wildman–Crippen LogP) is 3.27. The average molecular weight is 440 g/mol. The van der Waals surface area contributed by atoms with E-state index in [1.807, 2.05) is 12.1 Å². The number of carbonyl (C=O) groups is 1. The van der Waals surface area contributed by atoms with Gasteiger partial charge in [0.1, 0.15) is 0 Å². The summed E-state index contributed by atoms with van der Waals surface area (Å²) < 4.78 is 0.186. The molecule has 0 radical (unpaired) electrons. The maximum absolute atomic E-state index is 12.4. The summed E-state index contributed by atoms with van der Waals surface area (Å²) in [6.07, 6.45) is 1.51. The van der Waals surface area contributed by atoms with Crippen molar-refractivity contribution in [3.8, 4) is 5.69 Å². The molecule has 0 aliphatic carbocycles. The number of carbonyl (C=O) groups excluding carboxylic acids is 1. The zero-order valence-corrected chi connectivity index (χ0v) is 15.9. The molecule has 1 aromatic carbocycles. The van der Waals surface area contributed by atoms with Gasteiger partial charge in [-0.05, 0) is 34.7 Å². The average Bonchev–Trinajstić information content (AvgIpc) is 2.92. The lowest BCUT2D eigenvalue weighted by molar-refractivity contribution is -0.113. The molecule has 0 spiro atoms. The molecule has 0 N–H and O–H groups in total. The Morgan fingerprint density at radius 3 is 2.39 bits per heavy atom. The van der Waals surface area contributed by atoms with Gasteiger partial charge < -0.3 is 4.90 Å². The third-order valence-corrected chi connectivity index (χ3v) is 3.71. The number of ketones is 1. The number of tetrazole rings is 1. The Hall–Kier alpha value is -1.15. The van der Waals surface area contributed by atoms with Gasteiger partial charge in [0.15, 0.2) is 5.82 Å². The zero-order valence-electron chi connectivity index (χ0n) is 12.0. The number of hydrogen-bond acceptors (Lipinski definition) is 5. The van der Waals surface area contributed by atoms with Gasteiger partial charge in [0, 0.05) is 24.8 Å². The minimum Gasteiger partial charge on any atom is -0.383 e. The first-order chi connectivity index (χ1) is 10.7. The molecule has 0 saturated heterocycles. The Bertz CT molecular complexity index is 737. The molecule has 0 aliphatic rings. The van der Waals surface area contributed by atoms with E-state index in [-0.39, 0.29) is 11.4 Å². The largest absolute Gasteiger partial charge is 0.383 e. The fourth-order valence-electron chi connectivity index (χ4n) is 1.74. The van der Waals surface area contributed by atoms with E-state index in [0.29, 0.717) is 5.69 Å². The number of benzene rings is 1. The van der Waals surface area contributed by atoms with Gasteiger partial charge in [-0.25, -0.2) is 0 Å². The second-order valence-electron chi connectivity index (χ2n) is 4.72. The van der Waals surface area contributed by atoms with Crippen LogP contribution in [0.3, 0.4) is 0 Å². The van der Waals surface area contributed by atoms with Crippen molar-refractivity contribution in [2.45, 2.75) is 3.79 Å². The third-order valence-electron chi connectivity index (χ3n) is 2.67. The van der Waals surface area contributed by atoms with E-state index < -0.39 is 9.58 Å². The van der Waals surface area contributed by atoms with Gasteiger partial charge in [-0.1, -0.05) is 50.7 Å². The fraction of sp³-hybridized carbons (Fsp3) is 0.231. The highest BCUT2D eigenvalue weighted by molar-refractivity contribution is 9.10. The summed E-state index contributed by atoms with van der Waals surface area (Å²) in [7, 11) is 3.47. The topological polar surface area (TPSA) is 63.9 Å². The van der Waals surface area contributed by atoms with Crippen LogP contribution in [0.25, 0.3) is 11.3 Å². The highest BCUT2D eigenvalue weighted by Crippen LogP contribution is 2.33. The predicted molar refractivity (Wildman–Crippen MR) is 93.8 cm³/mol. The lowest BCUT2D eigenvalue weighted by Gasteiger charge is -2.15. The molecule has 0 aliphatic heterocycles. The molecule has 0 atom stereocenters. The molecule has 23 heavy (non-hydrogen) atoms. The summed E-state index contributed by atoms with van der Waals surface area (Å²) in [5, 5.41) is 11.4. The number of rotatable bonds is 4. The fourth-order valence-corrected chi connectivity index (χ4v) is 2.31. The van der Waals surface area contributed by atoms with Crippen molar-refractivity contribution in [2.75, 3.05) is 14.1 Å². The van der Waals surface area contributed by atoms with Crippen molar-refractivity contribution in [2.24, 2.45) is 0 Å². The number of hydrogen-bond donors (Lipinski definition) is 0. The number of allylic oxidation sites excluding steroid dienone is 1. The molecule has 1 heterocycles. The number of halogens is 4. The van der Waals surface area contributed by atoms with Crippen LogP contribution >= 0.6 is 50.7 Å². The Morgan fingerprint density at radius 1 is 1.26 bits per heavy atom. The molecule has 0 unspecified atom stereocenters. The van der Waals surface area contributed by atoms with Gasteiger partial charge in [0.2, 0.25) is 5.78 Å². The van der Waals surface area contributed by atoms with Crippen LogP contribution in [0.2, 0.25) is 0 Å². The van der Waals surface area contributed by atoms with Gasteiger partial charge in [0.25, 0.3) is 3.79 Å². The van der Waals surface area contributed by atoms with Crippen LogP contribution in [0.1, 0.15) is 5.82 Å². The van der Waals surface area contributed by atoms with Crippen LogP contribution in [0.5, 0.6) is 0 Å². The molecule has 6 nitrogen and oxygen atoms in total. The summed E-state index contributed by atoms with van der Waals surface area (Å²) in [5.74, 6) is -0.540. The summed E-state index contributed by atoms with van der Waals surface area (Å²) in [6, 6.07) is 7.23. The van der Waals surface area contributed by atoms with E-state index in [0.717, 1.165) is 4.47 Å². The molecule has 1 aromatic heterocycles. The molecular weight excluding hydrogens is 428 g/mol. The first kappa shape index (κ1) is 18.2. The van der Waals surface area contributed by atoms with E-state index in [1.165, 1.54) is 10.9 Å². The van der Waals surface area contributed by atoms with Crippen LogP contribution in [-0.2, 0) is 4.79 Å². The summed E-state index contributed by atoms with van der Waals surface area (Å²) >= 11 is 20.6. The quantitative estimate of drug-likeness (QED) is 0.541. The Morgan fingerprint density at radius 2 is 1.87 bits per heavy atom. The SMILES string of the molecule is CN(C)C=C(C(=O)C(Cl)(Cl)Cl)c1nnnn1-c1ccc(Br)cc1. The summed E-state index contributed by atoms with van der Waals surface area (Å²) in [5.41, 5.74) is 0.748. The van der Waals surface area contributed by atoms with Gasteiger partial charge in [-0.15, -0.1) is 5.10 Å². The molecule has 0 bridgehead atoms. The van der Waals surface area contributed by atoms with Crippen molar-refractivity contribution in [1.29, 1.82) is 0 Å². The second kappa shape index (κ2) is 7.17. The van der Waals surface area contributed by atoms with Gasteiger partial charge in [-0.2, -0.15) is 4.68 Å². The normalized spacial score (nSPS) is 12.3.